The molecule has 182 valence electrons. The zero-order valence-corrected chi connectivity index (χ0v) is 20.1. The number of nitrogens with zero attached hydrogens (tertiary/aromatic N) is 3. The molecule has 3 aromatic heterocycles. The molecule has 11 heteroatoms. The summed E-state index contributed by atoms with van der Waals surface area (Å²) in [5.74, 6) is -0.780. The molecular formula is C24H20F3N3O3S2. The van der Waals surface area contributed by atoms with Gasteiger partial charge in [-0.3, -0.25) is 9.69 Å². The molecule has 4 aromatic rings. The summed E-state index contributed by atoms with van der Waals surface area (Å²) in [5, 5.41) is 15.1. The van der Waals surface area contributed by atoms with Crippen molar-refractivity contribution < 1.29 is 27.6 Å². The Morgan fingerprint density at radius 3 is 2.69 bits per heavy atom. The van der Waals surface area contributed by atoms with E-state index < -0.39 is 17.0 Å². The van der Waals surface area contributed by atoms with Crippen molar-refractivity contribution in [2.75, 3.05) is 6.54 Å². The molecule has 2 unspecified atom stereocenters. The smallest absolute Gasteiger partial charge is 0.426 e. The molecule has 5 rings (SSSR count). The standard InChI is InChI=1S/C24H20F3N3O3S2/c1-2-18-17(23(31)32)11-30(18)10-15-8-14(12-34-15)21-28-22(33-29-21)19-9-16(13-6-4-3-5-7-13)20(35-19)24(25,26)27/h3-9,12,17-18H,2,10-11H2,1H3,(H,31,32). The first kappa shape index (κ1) is 23.7. The zero-order valence-electron chi connectivity index (χ0n) is 18.5. The van der Waals surface area contributed by atoms with Crippen molar-refractivity contribution in [2.24, 2.45) is 5.92 Å². The first-order valence-electron chi connectivity index (χ1n) is 10.9. The third kappa shape index (κ3) is 4.63. The molecule has 0 spiro atoms. The first-order chi connectivity index (χ1) is 16.7. The molecule has 2 atom stereocenters. The van der Waals surface area contributed by atoms with Crippen LogP contribution >= 0.6 is 22.7 Å². The maximum atomic E-state index is 13.7. The van der Waals surface area contributed by atoms with E-state index in [1.165, 1.54) is 17.4 Å². The van der Waals surface area contributed by atoms with Gasteiger partial charge in [-0.05, 0) is 24.1 Å². The highest BCUT2D eigenvalue weighted by molar-refractivity contribution is 7.16. The fraction of sp³-hybridized carbons (Fsp3) is 0.292. The molecule has 0 bridgehead atoms. The van der Waals surface area contributed by atoms with Crippen LogP contribution in [0.4, 0.5) is 13.2 Å². The SMILES string of the molecule is CCC1C(C(=O)O)CN1Cc1cc(-c2noc(-c3cc(-c4ccccc4)c(C(F)(F)F)s3)n2)cs1. The van der Waals surface area contributed by atoms with Crippen molar-refractivity contribution in [3.63, 3.8) is 0 Å². The minimum atomic E-state index is -4.51. The third-order valence-electron chi connectivity index (χ3n) is 6.08. The number of carboxylic acid groups (broad SMARTS) is 1. The Morgan fingerprint density at radius 2 is 2.00 bits per heavy atom. The fourth-order valence-corrected chi connectivity index (χ4v) is 6.21. The van der Waals surface area contributed by atoms with Gasteiger partial charge in [-0.15, -0.1) is 22.7 Å². The minimum Gasteiger partial charge on any atom is -0.481 e. The van der Waals surface area contributed by atoms with Crippen LogP contribution in [-0.2, 0) is 17.5 Å². The third-order valence-corrected chi connectivity index (χ3v) is 8.17. The Kier molecular flexibility index (Phi) is 6.24. The van der Waals surface area contributed by atoms with E-state index in [0.717, 1.165) is 11.3 Å². The lowest BCUT2D eigenvalue weighted by atomic mass is 9.86. The molecule has 1 saturated heterocycles. The normalized spacial score (nSPS) is 18.5. The lowest BCUT2D eigenvalue weighted by molar-refractivity contribution is -0.153. The summed E-state index contributed by atoms with van der Waals surface area (Å²) < 4.78 is 46.4. The Hall–Kier alpha value is -3.02. The van der Waals surface area contributed by atoms with E-state index in [-0.39, 0.29) is 28.3 Å². The van der Waals surface area contributed by atoms with Crippen LogP contribution in [0.1, 0.15) is 23.1 Å². The quantitative estimate of drug-likeness (QED) is 0.300. The van der Waals surface area contributed by atoms with Crippen LogP contribution in [0.3, 0.4) is 0 Å². The van der Waals surface area contributed by atoms with Gasteiger partial charge in [0.1, 0.15) is 4.88 Å². The van der Waals surface area contributed by atoms with Crippen LogP contribution in [0, 0.1) is 5.92 Å². The molecule has 0 radical (unpaired) electrons. The molecule has 1 aliphatic heterocycles. The number of thiophene rings is 2. The lowest BCUT2D eigenvalue weighted by Gasteiger charge is -2.45. The van der Waals surface area contributed by atoms with Crippen LogP contribution in [-0.4, -0.2) is 38.7 Å². The van der Waals surface area contributed by atoms with E-state index in [1.807, 2.05) is 18.4 Å². The number of carboxylic acids is 1. The molecule has 0 amide bonds. The largest absolute Gasteiger partial charge is 0.481 e. The average Bonchev–Trinajstić information content (AvgIpc) is 3.55. The molecule has 1 aromatic carbocycles. The molecule has 6 nitrogen and oxygen atoms in total. The summed E-state index contributed by atoms with van der Waals surface area (Å²) in [6.07, 6.45) is -3.75. The highest BCUT2D eigenvalue weighted by atomic mass is 32.1. The van der Waals surface area contributed by atoms with E-state index in [4.69, 9.17) is 4.52 Å². The number of rotatable bonds is 7. The van der Waals surface area contributed by atoms with Gasteiger partial charge >= 0.3 is 12.1 Å². The highest BCUT2D eigenvalue weighted by Gasteiger charge is 2.42. The molecular weight excluding hydrogens is 499 g/mol. The van der Waals surface area contributed by atoms with Crippen molar-refractivity contribution in [1.29, 1.82) is 0 Å². The van der Waals surface area contributed by atoms with Crippen molar-refractivity contribution in [2.45, 2.75) is 32.1 Å². The van der Waals surface area contributed by atoms with Gasteiger partial charge in [0.05, 0.1) is 10.8 Å². The molecule has 0 saturated carbocycles. The van der Waals surface area contributed by atoms with Gasteiger partial charge in [-0.25, -0.2) is 0 Å². The van der Waals surface area contributed by atoms with Gasteiger partial charge in [0.25, 0.3) is 5.89 Å². The fourth-order valence-electron chi connectivity index (χ4n) is 4.35. The molecule has 1 fully saturated rings. The summed E-state index contributed by atoms with van der Waals surface area (Å²) in [4.78, 5) is 18.3. The molecule has 4 heterocycles. The Morgan fingerprint density at radius 1 is 1.23 bits per heavy atom. The van der Waals surface area contributed by atoms with Crippen molar-refractivity contribution >= 4 is 28.6 Å². The van der Waals surface area contributed by atoms with Gasteiger partial charge in [0.2, 0.25) is 5.82 Å². The van der Waals surface area contributed by atoms with Crippen molar-refractivity contribution in [1.82, 2.24) is 15.0 Å². The van der Waals surface area contributed by atoms with Gasteiger partial charge in [0, 0.05) is 40.5 Å². The van der Waals surface area contributed by atoms with Crippen LogP contribution in [0.2, 0.25) is 0 Å². The van der Waals surface area contributed by atoms with Gasteiger partial charge < -0.3 is 9.63 Å². The number of aromatic nitrogens is 2. The van der Waals surface area contributed by atoms with Crippen LogP contribution in [0.15, 0.2) is 52.4 Å². The van der Waals surface area contributed by atoms with E-state index in [2.05, 4.69) is 15.0 Å². The first-order valence-corrected chi connectivity index (χ1v) is 12.6. The van der Waals surface area contributed by atoms with Crippen molar-refractivity contribution in [3.8, 4) is 33.3 Å². The van der Waals surface area contributed by atoms with Crippen molar-refractivity contribution in [3.05, 3.63) is 57.6 Å². The van der Waals surface area contributed by atoms with E-state index in [1.54, 1.807) is 30.3 Å². The molecule has 0 aliphatic carbocycles. The summed E-state index contributed by atoms with van der Waals surface area (Å²) in [7, 11) is 0. The topological polar surface area (TPSA) is 79.5 Å². The van der Waals surface area contributed by atoms with E-state index >= 15 is 0 Å². The number of aliphatic carboxylic acids is 1. The number of alkyl halides is 3. The monoisotopic (exact) mass is 519 g/mol. The van der Waals surface area contributed by atoms with Crippen LogP contribution in [0.25, 0.3) is 33.3 Å². The maximum absolute atomic E-state index is 13.7. The Balaban J connectivity index is 1.36. The second kappa shape index (κ2) is 9.21. The van der Waals surface area contributed by atoms with E-state index in [0.29, 0.717) is 41.4 Å². The highest BCUT2D eigenvalue weighted by Crippen LogP contribution is 2.45. The second-order valence-corrected chi connectivity index (χ2v) is 10.3. The van der Waals surface area contributed by atoms with Gasteiger partial charge in [0.15, 0.2) is 0 Å². The number of carbonyl (C=O) groups is 1. The zero-order chi connectivity index (χ0) is 24.7. The predicted octanol–water partition coefficient (Wildman–Crippen LogP) is 6.51. The number of hydrogen-bond donors (Lipinski definition) is 1. The van der Waals surface area contributed by atoms with Gasteiger partial charge in [-0.1, -0.05) is 42.4 Å². The number of likely N-dealkylation sites (tertiary alicyclic amines) is 1. The van der Waals surface area contributed by atoms with Crippen LogP contribution in [0.5, 0.6) is 0 Å². The van der Waals surface area contributed by atoms with Crippen LogP contribution < -0.4 is 0 Å². The summed E-state index contributed by atoms with van der Waals surface area (Å²) in [6.45, 7) is 3.11. The predicted molar refractivity (Wildman–Crippen MR) is 127 cm³/mol. The Bertz CT molecular complexity index is 1350. The summed E-state index contributed by atoms with van der Waals surface area (Å²) in [6, 6.07) is 11.7. The van der Waals surface area contributed by atoms with Gasteiger partial charge in [-0.2, -0.15) is 18.2 Å². The maximum Gasteiger partial charge on any atom is 0.426 e. The molecule has 1 aliphatic rings. The minimum absolute atomic E-state index is 0.00953. The van der Waals surface area contributed by atoms with E-state index in [9.17, 15) is 23.1 Å². The summed E-state index contributed by atoms with van der Waals surface area (Å²) >= 11 is 2.08. The average molecular weight is 520 g/mol. The number of halogens is 3. The molecule has 1 N–H and O–H groups in total. The second-order valence-electron chi connectivity index (χ2n) is 8.29. The Labute approximate surface area is 206 Å². The molecule has 35 heavy (non-hydrogen) atoms. The lowest BCUT2D eigenvalue weighted by Crippen LogP contribution is -2.58. The number of benzene rings is 1. The summed E-state index contributed by atoms with van der Waals surface area (Å²) in [5.41, 5.74) is 1.25. The number of hydrogen-bond acceptors (Lipinski definition) is 7.